The summed E-state index contributed by atoms with van der Waals surface area (Å²) in [6.45, 7) is 9.22. The van der Waals surface area contributed by atoms with E-state index in [-0.39, 0.29) is 0 Å². The Bertz CT molecular complexity index is 1190. The zero-order valence-corrected chi connectivity index (χ0v) is 19.4. The summed E-state index contributed by atoms with van der Waals surface area (Å²) >= 11 is 0. The number of benzene rings is 4. The number of ether oxygens (including phenoxy) is 2. The summed E-state index contributed by atoms with van der Waals surface area (Å²) in [7, 11) is 0. The lowest BCUT2D eigenvalue weighted by atomic mass is 9.90. The Hall–Kier alpha value is -3.78. The fraction of sp³-hybridized carbons (Fsp3) is 0.161. The minimum absolute atomic E-state index is 0.602. The second kappa shape index (κ2) is 10.7. The Kier molecular flexibility index (Phi) is 7.26. The third-order valence-corrected chi connectivity index (χ3v) is 5.65. The van der Waals surface area contributed by atoms with E-state index in [2.05, 4.69) is 79.4 Å². The zero-order chi connectivity index (χ0) is 23.0. The first kappa shape index (κ1) is 22.4. The van der Waals surface area contributed by atoms with E-state index in [4.69, 9.17) is 9.47 Å². The molecule has 0 aromatic heterocycles. The highest BCUT2D eigenvalue weighted by Crippen LogP contribution is 2.42. The van der Waals surface area contributed by atoms with Crippen molar-refractivity contribution in [2.45, 2.75) is 20.3 Å². The third kappa shape index (κ3) is 5.01. The van der Waals surface area contributed by atoms with Crippen LogP contribution >= 0.6 is 0 Å². The quantitative estimate of drug-likeness (QED) is 0.247. The van der Waals surface area contributed by atoms with Crippen LogP contribution in [-0.2, 0) is 6.42 Å². The van der Waals surface area contributed by atoms with Gasteiger partial charge >= 0.3 is 0 Å². The van der Waals surface area contributed by atoms with Crippen LogP contribution in [0.25, 0.3) is 33.4 Å². The smallest absolute Gasteiger partial charge is 0.131 e. The van der Waals surface area contributed by atoms with Gasteiger partial charge in [0.25, 0.3) is 0 Å². The van der Waals surface area contributed by atoms with Gasteiger partial charge in [-0.3, -0.25) is 0 Å². The molecule has 0 atom stereocenters. The van der Waals surface area contributed by atoms with Gasteiger partial charge in [0.2, 0.25) is 0 Å². The molecular formula is C31H30O2. The van der Waals surface area contributed by atoms with Gasteiger partial charge in [-0.1, -0.05) is 84.9 Å². The number of rotatable bonds is 9. The molecule has 0 bridgehead atoms. The van der Waals surface area contributed by atoms with Crippen molar-refractivity contribution in [3.05, 3.63) is 109 Å². The molecule has 2 nitrogen and oxygen atoms in total. The molecule has 0 fully saturated rings. The second-order valence-electron chi connectivity index (χ2n) is 7.80. The van der Waals surface area contributed by atoms with E-state index in [1.54, 1.807) is 0 Å². The molecule has 2 heteroatoms. The van der Waals surface area contributed by atoms with Gasteiger partial charge in [0, 0.05) is 5.56 Å². The highest BCUT2D eigenvalue weighted by Gasteiger charge is 2.17. The van der Waals surface area contributed by atoms with Crippen LogP contribution in [0.1, 0.15) is 19.4 Å². The van der Waals surface area contributed by atoms with E-state index in [1.807, 2.05) is 38.1 Å². The molecule has 0 radical (unpaired) electrons. The molecule has 4 rings (SSSR count). The van der Waals surface area contributed by atoms with Gasteiger partial charge in [0.15, 0.2) is 0 Å². The van der Waals surface area contributed by atoms with Crippen molar-refractivity contribution < 1.29 is 9.47 Å². The van der Waals surface area contributed by atoms with Gasteiger partial charge in [-0.15, -0.1) is 6.58 Å². The van der Waals surface area contributed by atoms with E-state index in [0.717, 1.165) is 45.7 Å². The molecule has 4 aromatic rings. The fourth-order valence-corrected chi connectivity index (χ4v) is 4.14. The van der Waals surface area contributed by atoms with Crippen LogP contribution in [-0.4, -0.2) is 13.2 Å². The lowest BCUT2D eigenvalue weighted by Crippen LogP contribution is -2.01. The predicted octanol–water partition coefficient (Wildman–Crippen LogP) is 8.21. The van der Waals surface area contributed by atoms with E-state index in [1.165, 1.54) is 11.1 Å². The van der Waals surface area contributed by atoms with Crippen LogP contribution < -0.4 is 9.47 Å². The molecule has 33 heavy (non-hydrogen) atoms. The summed E-state index contributed by atoms with van der Waals surface area (Å²) < 4.78 is 11.9. The van der Waals surface area contributed by atoms with E-state index < -0.39 is 0 Å². The minimum Gasteiger partial charge on any atom is -0.494 e. The molecule has 0 aliphatic heterocycles. The molecule has 0 N–H and O–H groups in total. The molecule has 0 saturated carbocycles. The molecule has 0 heterocycles. The maximum absolute atomic E-state index is 6.23. The normalized spacial score (nSPS) is 10.6. The Morgan fingerprint density at radius 2 is 1.24 bits per heavy atom. The topological polar surface area (TPSA) is 18.5 Å². The number of allylic oxidation sites excluding steroid dienone is 1. The molecule has 4 aromatic carbocycles. The third-order valence-electron chi connectivity index (χ3n) is 5.65. The van der Waals surface area contributed by atoms with Crippen molar-refractivity contribution in [2.24, 2.45) is 0 Å². The van der Waals surface area contributed by atoms with Crippen LogP contribution in [0.4, 0.5) is 0 Å². The summed E-state index contributed by atoms with van der Waals surface area (Å²) in [4.78, 5) is 0. The summed E-state index contributed by atoms with van der Waals surface area (Å²) in [6.07, 6.45) is 2.68. The SMILES string of the molecule is C=CCc1ccc(-c2ccc(-c3ccccc3)cc2)c(-c2ccc(OCC)cc2)c1OCC. The van der Waals surface area contributed by atoms with Crippen molar-refractivity contribution in [2.75, 3.05) is 13.2 Å². The molecule has 0 saturated heterocycles. The van der Waals surface area contributed by atoms with E-state index in [0.29, 0.717) is 13.2 Å². The van der Waals surface area contributed by atoms with Crippen LogP contribution in [0.3, 0.4) is 0 Å². The lowest BCUT2D eigenvalue weighted by molar-refractivity contribution is 0.338. The lowest BCUT2D eigenvalue weighted by Gasteiger charge is -2.19. The monoisotopic (exact) mass is 434 g/mol. The van der Waals surface area contributed by atoms with Crippen LogP contribution in [0.5, 0.6) is 11.5 Å². The summed E-state index contributed by atoms with van der Waals surface area (Å²) in [5.74, 6) is 1.79. The zero-order valence-electron chi connectivity index (χ0n) is 19.4. The molecule has 0 aliphatic carbocycles. The highest BCUT2D eigenvalue weighted by atomic mass is 16.5. The maximum Gasteiger partial charge on any atom is 0.131 e. The standard InChI is InChI=1S/C31H30O2/c1-4-10-27-19-22-29(25-15-13-24(14-16-25)23-11-8-7-9-12-23)30(31(27)33-6-3)26-17-20-28(21-18-26)32-5-2/h4,7-9,11-22H,1,5-6,10H2,2-3H3. The molecule has 0 aliphatic rings. The predicted molar refractivity (Wildman–Crippen MR) is 139 cm³/mol. The molecule has 0 spiro atoms. The summed E-state index contributed by atoms with van der Waals surface area (Å²) in [6, 6.07) is 31.8. The Balaban J connectivity index is 1.85. The van der Waals surface area contributed by atoms with E-state index >= 15 is 0 Å². The van der Waals surface area contributed by atoms with Gasteiger partial charge in [0.05, 0.1) is 13.2 Å². The first-order valence-electron chi connectivity index (χ1n) is 11.5. The van der Waals surface area contributed by atoms with Gasteiger partial charge in [-0.05, 0) is 65.8 Å². The Labute approximate surface area is 197 Å². The van der Waals surface area contributed by atoms with Crippen molar-refractivity contribution >= 4 is 0 Å². The first-order valence-corrected chi connectivity index (χ1v) is 11.5. The average molecular weight is 435 g/mol. The van der Waals surface area contributed by atoms with Gasteiger partial charge in [-0.25, -0.2) is 0 Å². The summed E-state index contributed by atoms with van der Waals surface area (Å²) in [5.41, 5.74) is 8.07. The molecular weight excluding hydrogens is 404 g/mol. The van der Waals surface area contributed by atoms with Gasteiger partial charge in [-0.2, -0.15) is 0 Å². The second-order valence-corrected chi connectivity index (χ2v) is 7.80. The first-order chi connectivity index (χ1) is 16.2. The van der Waals surface area contributed by atoms with Gasteiger partial charge < -0.3 is 9.47 Å². The average Bonchev–Trinajstić information content (AvgIpc) is 2.87. The van der Waals surface area contributed by atoms with Crippen molar-refractivity contribution in [3.63, 3.8) is 0 Å². The van der Waals surface area contributed by atoms with Crippen molar-refractivity contribution in [1.82, 2.24) is 0 Å². The van der Waals surface area contributed by atoms with Crippen LogP contribution in [0.2, 0.25) is 0 Å². The Morgan fingerprint density at radius 1 is 0.636 bits per heavy atom. The van der Waals surface area contributed by atoms with E-state index in [9.17, 15) is 0 Å². The van der Waals surface area contributed by atoms with Crippen LogP contribution in [0.15, 0.2) is 104 Å². The largest absolute Gasteiger partial charge is 0.494 e. The molecule has 0 unspecified atom stereocenters. The highest BCUT2D eigenvalue weighted by molar-refractivity contribution is 5.89. The van der Waals surface area contributed by atoms with Crippen molar-refractivity contribution in [3.8, 4) is 44.9 Å². The maximum atomic E-state index is 6.23. The minimum atomic E-state index is 0.602. The molecule has 0 amide bonds. The fourth-order valence-electron chi connectivity index (χ4n) is 4.14. The number of hydrogen-bond donors (Lipinski definition) is 0. The molecule has 166 valence electrons. The van der Waals surface area contributed by atoms with Crippen LogP contribution in [0, 0.1) is 0 Å². The number of hydrogen-bond acceptors (Lipinski definition) is 2. The van der Waals surface area contributed by atoms with Crippen molar-refractivity contribution in [1.29, 1.82) is 0 Å². The summed E-state index contributed by atoms with van der Waals surface area (Å²) in [5, 5.41) is 0. The Morgan fingerprint density at radius 3 is 1.88 bits per heavy atom. The van der Waals surface area contributed by atoms with Gasteiger partial charge in [0.1, 0.15) is 11.5 Å².